The SMILES string of the molecule is COc1cc(NC(=O)c2ccc3n[nH]c(=O)n3c2)cc(OC)c1OC. The van der Waals surface area contributed by atoms with Gasteiger partial charge in [0, 0.05) is 24.0 Å². The van der Waals surface area contributed by atoms with Crippen LogP contribution in [0.5, 0.6) is 17.2 Å². The molecule has 9 heteroatoms. The van der Waals surface area contributed by atoms with E-state index in [2.05, 4.69) is 15.5 Å². The van der Waals surface area contributed by atoms with Crippen molar-refractivity contribution < 1.29 is 19.0 Å². The van der Waals surface area contributed by atoms with Crippen molar-refractivity contribution in [2.75, 3.05) is 26.6 Å². The molecule has 0 bridgehead atoms. The summed E-state index contributed by atoms with van der Waals surface area (Å²) in [5, 5.41) is 8.86. The van der Waals surface area contributed by atoms with Crippen LogP contribution in [0.15, 0.2) is 35.3 Å². The molecule has 0 aliphatic carbocycles. The number of H-pyrrole nitrogens is 1. The molecule has 3 rings (SSSR count). The molecule has 0 fully saturated rings. The van der Waals surface area contributed by atoms with Crippen molar-refractivity contribution in [1.82, 2.24) is 14.6 Å². The number of aromatic nitrogens is 3. The molecule has 1 amide bonds. The summed E-state index contributed by atoms with van der Waals surface area (Å²) >= 11 is 0. The molecule has 0 atom stereocenters. The lowest BCUT2D eigenvalue weighted by Gasteiger charge is -2.14. The van der Waals surface area contributed by atoms with Gasteiger partial charge in [0.15, 0.2) is 17.1 Å². The Bertz CT molecular complexity index is 967. The number of anilines is 1. The number of amides is 1. The van der Waals surface area contributed by atoms with Gasteiger partial charge < -0.3 is 19.5 Å². The number of rotatable bonds is 5. The van der Waals surface area contributed by atoms with Crippen LogP contribution in [0, 0.1) is 0 Å². The van der Waals surface area contributed by atoms with Gasteiger partial charge in [0.1, 0.15) is 0 Å². The van der Waals surface area contributed by atoms with Crippen LogP contribution in [-0.4, -0.2) is 41.8 Å². The van der Waals surface area contributed by atoms with Crippen molar-refractivity contribution in [3.05, 3.63) is 46.5 Å². The number of nitrogens with one attached hydrogen (secondary N) is 2. The maximum atomic E-state index is 12.5. The van der Waals surface area contributed by atoms with Crippen LogP contribution in [0.1, 0.15) is 10.4 Å². The molecule has 0 saturated heterocycles. The largest absolute Gasteiger partial charge is 0.493 e. The van der Waals surface area contributed by atoms with Gasteiger partial charge in [0.25, 0.3) is 5.91 Å². The molecule has 2 heterocycles. The van der Waals surface area contributed by atoms with Crippen LogP contribution in [0.25, 0.3) is 5.65 Å². The van der Waals surface area contributed by atoms with E-state index in [9.17, 15) is 9.59 Å². The predicted octanol–water partition coefficient (Wildman–Crippen LogP) is 1.30. The van der Waals surface area contributed by atoms with Gasteiger partial charge in [-0.15, -0.1) is 0 Å². The second-order valence-corrected chi connectivity index (χ2v) is 5.04. The Labute approximate surface area is 142 Å². The van der Waals surface area contributed by atoms with Crippen LogP contribution in [0.2, 0.25) is 0 Å². The second kappa shape index (κ2) is 6.56. The molecule has 1 aromatic carbocycles. The Morgan fingerprint density at radius 2 is 1.80 bits per heavy atom. The first kappa shape index (κ1) is 16.4. The lowest BCUT2D eigenvalue weighted by molar-refractivity contribution is 0.102. The van der Waals surface area contributed by atoms with Crippen molar-refractivity contribution in [2.45, 2.75) is 0 Å². The molecule has 3 aromatic rings. The van der Waals surface area contributed by atoms with E-state index in [1.165, 1.54) is 31.9 Å². The topological polar surface area (TPSA) is 107 Å². The van der Waals surface area contributed by atoms with Gasteiger partial charge in [-0.1, -0.05) is 0 Å². The fourth-order valence-electron chi connectivity index (χ4n) is 2.40. The second-order valence-electron chi connectivity index (χ2n) is 5.04. The Balaban J connectivity index is 1.93. The van der Waals surface area contributed by atoms with Gasteiger partial charge in [-0.2, -0.15) is 5.10 Å². The highest BCUT2D eigenvalue weighted by Crippen LogP contribution is 2.39. The molecule has 0 radical (unpaired) electrons. The number of ether oxygens (including phenoxy) is 3. The summed E-state index contributed by atoms with van der Waals surface area (Å²) in [7, 11) is 4.47. The zero-order valence-electron chi connectivity index (χ0n) is 13.8. The summed E-state index contributed by atoms with van der Waals surface area (Å²) < 4.78 is 17.0. The first-order valence-electron chi connectivity index (χ1n) is 7.25. The molecule has 0 spiro atoms. The maximum Gasteiger partial charge on any atom is 0.347 e. The molecule has 130 valence electrons. The minimum atomic E-state index is -0.419. The van der Waals surface area contributed by atoms with Gasteiger partial charge >= 0.3 is 5.69 Å². The first-order valence-corrected chi connectivity index (χ1v) is 7.25. The van der Waals surface area contributed by atoms with Crippen molar-refractivity contribution in [1.29, 1.82) is 0 Å². The molecule has 0 unspecified atom stereocenters. The molecule has 9 nitrogen and oxygen atoms in total. The number of methoxy groups -OCH3 is 3. The Morgan fingerprint density at radius 3 is 2.40 bits per heavy atom. The van der Waals surface area contributed by atoms with E-state index >= 15 is 0 Å². The fraction of sp³-hybridized carbons (Fsp3) is 0.188. The van der Waals surface area contributed by atoms with Gasteiger partial charge in [0.05, 0.1) is 26.9 Å². The molecular weight excluding hydrogens is 328 g/mol. The smallest absolute Gasteiger partial charge is 0.347 e. The maximum absolute atomic E-state index is 12.5. The van der Waals surface area contributed by atoms with Crippen molar-refractivity contribution in [3.8, 4) is 17.2 Å². The van der Waals surface area contributed by atoms with Gasteiger partial charge in [-0.3, -0.25) is 4.79 Å². The van der Waals surface area contributed by atoms with Crippen LogP contribution < -0.4 is 25.2 Å². The molecular formula is C16H16N4O5. The highest BCUT2D eigenvalue weighted by molar-refractivity contribution is 6.04. The zero-order valence-corrected chi connectivity index (χ0v) is 13.8. The summed E-state index contributed by atoms with van der Waals surface area (Å²) in [5.74, 6) is 0.857. The standard InChI is InChI=1S/C16H16N4O5/c1-23-11-6-10(7-12(24-2)14(11)25-3)17-15(21)9-4-5-13-18-19-16(22)20(13)8-9/h4-8H,1-3H3,(H,17,21)(H,19,22). The number of pyridine rings is 1. The summed E-state index contributed by atoms with van der Waals surface area (Å²) in [6.07, 6.45) is 1.41. The van der Waals surface area contributed by atoms with Crippen molar-refractivity contribution >= 4 is 17.2 Å². The average molecular weight is 344 g/mol. The van der Waals surface area contributed by atoms with Crippen LogP contribution in [0.4, 0.5) is 5.69 Å². The highest BCUT2D eigenvalue weighted by Gasteiger charge is 2.15. The highest BCUT2D eigenvalue weighted by atomic mass is 16.5. The third-order valence-electron chi connectivity index (χ3n) is 3.60. The monoisotopic (exact) mass is 344 g/mol. The zero-order chi connectivity index (χ0) is 18.0. The summed E-state index contributed by atoms with van der Waals surface area (Å²) in [4.78, 5) is 24.1. The number of carbonyl (C=O) groups is 1. The summed E-state index contributed by atoms with van der Waals surface area (Å²) in [6.45, 7) is 0. The number of benzene rings is 1. The lowest BCUT2D eigenvalue weighted by atomic mass is 10.2. The van der Waals surface area contributed by atoms with Gasteiger partial charge in [0.2, 0.25) is 5.75 Å². The molecule has 2 N–H and O–H groups in total. The van der Waals surface area contributed by atoms with Crippen LogP contribution in [-0.2, 0) is 0 Å². The number of aromatic amines is 1. The van der Waals surface area contributed by atoms with Crippen molar-refractivity contribution in [3.63, 3.8) is 0 Å². The Kier molecular flexibility index (Phi) is 4.29. The fourth-order valence-corrected chi connectivity index (χ4v) is 2.40. The van der Waals surface area contributed by atoms with E-state index in [1.54, 1.807) is 24.3 Å². The quantitative estimate of drug-likeness (QED) is 0.722. The molecule has 0 saturated carbocycles. The minimum absolute atomic E-state index is 0.296. The number of hydrogen-bond acceptors (Lipinski definition) is 6. The number of fused-ring (bicyclic) bond motifs is 1. The van der Waals surface area contributed by atoms with E-state index in [1.807, 2.05) is 0 Å². The normalized spacial score (nSPS) is 10.5. The van der Waals surface area contributed by atoms with Crippen LogP contribution in [0.3, 0.4) is 0 Å². The first-order chi connectivity index (χ1) is 12.1. The number of nitrogens with zero attached hydrogens (tertiary/aromatic N) is 2. The Morgan fingerprint density at radius 1 is 1.12 bits per heavy atom. The third-order valence-corrected chi connectivity index (χ3v) is 3.60. The number of carbonyl (C=O) groups excluding carboxylic acids is 1. The van der Waals surface area contributed by atoms with Gasteiger partial charge in [-0.05, 0) is 12.1 Å². The average Bonchev–Trinajstić information content (AvgIpc) is 3.01. The lowest BCUT2D eigenvalue weighted by Crippen LogP contribution is -2.15. The predicted molar refractivity (Wildman–Crippen MR) is 89.9 cm³/mol. The van der Waals surface area contributed by atoms with Crippen LogP contribution >= 0.6 is 0 Å². The van der Waals surface area contributed by atoms with E-state index in [0.29, 0.717) is 34.1 Å². The Hall–Kier alpha value is -3.49. The van der Waals surface area contributed by atoms with E-state index in [-0.39, 0.29) is 0 Å². The molecule has 0 aliphatic heterocycles. The summed E-state index contributed by atoms with van der Waals surface area (Å²) in [5.41, 5.74) is 0.760. The van der Waals surface area contributed by atoms with E-state index in [4.69, 9.17) is 14.2 Å². The molecule has 0 aliphatic rings. The molecule has 2 aromatic heterocycles. The van der Waals surface area contributed by atoms with E-state index in [0.717, 1.165) is 0 Å². The number of hydrogen-bond donors (Lipinski definition) is 2. The van der Waals surface area contributed by atoms with E-state index < -0.39 is 11.6 Å². The van der Waals surface area contributed by atoms with Gasteiger partial charge in [-0.25, -0.2) is 14.3 Å². The minimum Gasteiger partial charge on any atom is -0.493 e. The molecule has 25 heavy (non-hydrogen) atoms. The summed E-state index contributed by atoms with van der Waals surface area (Å²) in [6, 6.07) is 6.37. The third kappa shape index (κ3) is 2.99. The van der Waals surface area contributed by atoms with Crippen molar-refractivity contribution in [2.24, 2.45) is 0 Å².